The number of benzene rings is 1. The minimum atomic E-state index is 0.333. The molecular formula is C16H12N6O. The topological polar surface area (TPSA) is 107 Å². The highest BCUT2D eigenvalue weighted by atomic mass is 16.4. The zero-order valence-electron chi connectivity index (χ0n) is 12.0. The molecule has 4 rings (SSSR count). The minimum Gasteiger partial charge on any atom is -0.416 e. The molecule has 1 aromatic carbocycles. The Morgan fingerprint density at radius 3 is 2.52 bits per heavy atom. The summed E-state index contributed by atoms with van der Waals surface area (Å²) in [4.78, 5) is 4.20. The van der Waals surface area contributed by atoms with Crippen LogP contribution < -0.4 is 5.73 Å². The van der Waals surface area contributed by atoms with Crippen molar-refractivity contribution in [3.63, 3.8) is 0 Å². The lowest BCUT2D eigenvalue weighted by Gasteiger charge is -2.03. The molecule has 3 N–H and O–H groups in total. The Morgan fingerprint density at radius 1 is 0.913 bits per heavy atom. The molecule has 3 aromatic heterocycles. The Morgan fingerprint density at radius 2 is 1.74 bits per heavy atom. The molecule has 0 saturated heterocycles. The van der Waals surface area contributed by atoms with E-state index in [1.807, 2.05) is 36.4 Å². The van der Waals surface area contributed by atoms with E-state index in [2.05, 4.69) is 25.4 Å². The summed E-state index contributed by atoms with van der Waals surface area (Å²) in [5, 5.41) is 14.9. The molecule has 0 spiro atoms. The third-order valence-electron chi connectivity index (χ3n) is 3.43. The lowest BCUT2D eigenvalue weighted by molar-refractivity contribution is 0.584. The third-order valence-corrected chi connectivity index (χ3v) is 3.43. The van der Waals surface area contributed by atoms with Gasteiger partial charge in [0.25, 0.3) is 5.89 Å². The largest absolute Gasteiger partial charge is 0.416 e. The lowest BCUT2D eigenvalue weighted by atomic mass is 10.1. The molecule has 0 radical (unpaired) electrons. The van der Waals surface area contributed by atoms with Crippen LogP contribution in [-0.4, -0.2) is 25.4 Å². The smallest absolute Gasteiger partial charge is 0.251 e. The summed E-state index contributed by atoms with van der Waals surface area (Å²) < 4.78 is 5.74. The van der Waals surface area contributed by atoms with Crippen LogP contribution in [-0.2, 0) is 0 Å². The van der Waals surface area contributed by atoms with Crippen LogP contribution in [0.1, 0.15) is 0 Å². The van der Waals surface area contributed by atoms with Crippen LogP contribution in [0, 0.1) is 0 Å². The Bertz CT molecular complexity index is 930. The van der Waals surface area contributed by atoms with Crippen LogP contribution in [0.25, 0.3) is 34.0 Å². The van der Waals surface area contributed by atoms with Gasteiger partial charge in [-0.25, -0.2) is 4.98 Å². The zero-order valence-corrected chi connectivity index (χ0v) is 12.0. The number of anilines is 1. The average Bonchev–Trinajstić information content (AvgIpc) is 3.28. The van der Waals surface area contributed by atoms with Gasteiger partial charge in [-0.3, -0.25) is 5.10 Å². The first kappa shape index (κ1) is 13.2. The highest BCUT2D eigenvalue weighted by Gasteiger charge is 2.15. The molecule has 23 heavy (non-hydrogen) atoms. The van der Waals surface area contributed by atoms with Gasteiger partial charge in [0.05, 0.1) is 11.8 Å². The molecule has 0 aliphatic rings. The number of hydrogen-bond donors (Lipinski definition) is 2. The number of nitrogens with two attached hydrogens (primary N) is 1. The van der Waals surface area contributed by atoms with E-state index in [4.69, 9.17) is 10.2 Å². The van der Waals surface area contributed by atoms with E-state index in [-0.39, 0.29) is 0 Å². The second-order valence-electron chi connectivity index (χ2n) is 4.92. The lowest BCUT2D eigenvalue weighted by Crippen LogP contribution is -1.95. The maximum absolute atomic E-state index is 5.96. The van der Waals surface area contributed by atoms with E-state index in [1.165, 1.54) is 0 Å². The van der Waals surface area contributed by atoms with Crippen LogP contribution in [0.2, 0.25) is 0 Å². The van der Waals surface area contributed by atoms with Crippen LogP contribution in [0.5, 0.6) is 0 Å². The van der Waals surface area contributed by atoms with Gasteiger partial charge in [-0.15, -0.1) is 10.2 Å². The Hall–Kier alpha value is -3.48. The van der Waals surface area contributed by atoms with Gasteiger partial charge in [0.2, 0.25) is 5.89 Å². The molecule has 112 valence electrons. The first-order valence-electron chi connectivity index (χ1n) is 6.95. The van der Waals surface area contributed by atoms with Crippen molar-refractivity contribution in [1.82, 2.24) is 25.4 Å². The average molecular weight is 304 g/mol. The fourth-order valence-corrected chi connectivity index (χ4v) is 2.24. The molecular weight excluding hydrogens is 292 g/mol. The van der Waals surface area contributed by atoms with Crippen LogP contribution in [0.15, 0.2) is 59.4 Å². The SMILES string of the molecule is Nc1ncc(-c2cn[nH]c2)cc1-c1nnc(-c2ccccc2)o1. The molecule has 7 nitrogen and oxygen atoms in total. The van der Waals surface area contributed by atoms with Crippen molar-refractivity contribution >= 4 is 5.82 Å². The van der Waals surface area contributed by atoms with Crippen molar-refractivity contribution in [2.24, 2.45) is 0 Å². The van der Waals surface area contributed by atoms with Crippen molar-refractivity contribution in [3.8, 4) is 34.0 Å². The van der Waals surface area contributed by atoms with Crippen molar-refractivity contribution in [2.75, 3.05) is 5.73 Å². The number of nitrogen functional groups attached to an aromatic ring is 1. The summed E-state index contributed by atoms with van der Waals surface area (Å²) in [5.41, 5.74) is 9.17. The number of pyridine rings is 1. The van der Waals surface area contributed by atoms with Gasteiger partial charge in [0, 0.05) is 29.1 Å². The number of nitrogens with one attached hydrogen (secondary N) is 1. The highest BCUT2D eigenvalue weighted by molar-refractivity contribution is 5.75. The molecule has 0 aliphatic heterocycles. The molecule has 3 heterocycles. The number of aromatic nitrogens is 5. The van der Waals surface area contributed by atoms with E-state index in [9.17, 15) is 0 Å². The van der Waals surface area contributed by atoms with Crippen LogP contribution in [0.3, 0.4) is 0 Å². The molecule has 4 aromatic rings. The molecule has 0 unspecified atom stereocenters. The summed E-state index contributed by atoms with van der Waals surface area (Å²) in [6, 6.07) is 11.4. The maximum Gasteiger partial charge on any atom is 0.251 e. The van der Waals surface area contributed by atoms with Crippen molar-refractivity contribution in [2.45, 2.75) is 0 Å². The van der Waals surface area contributed by atoms with E-state index in [0.717, 1.165) is 16.7 Å². The number of rotatable bonds is 3. The number of nitrogens with zero attached hydrogens (tertiary/aromatic N) is 4. The zero-order chi connectivity index (χ0) is 15.6. The van der Waals surface area contributed by atoms with Crippen LogP contribution in [0.4, 0.5) is 5.82 Å². The predicted octanol–water partition coefficient (Wildman–Crippen LogP) is 2.77. The molecule has 0 atom stereocenters. The maximum atomic E-state index is 5.96. The standard InChI is InChI=1S/C16H12N6O/c17-14-13(6-11(7-18-14)12-8-19-20-9-12)16-22-21-15(23-16)10-4-2-1-3-5-10/h1-9H,(H2,17,18)(H,19,20). The predicted molar refractivity (Wildman–Crippen MR) is 85.0 cm³/mol. The molecule has 0 bridgehead atoms. The summed E-state index contributed by atoms with van der Waals surface area (Å²) in [7, 11) is 0. The van der Waals surface area contributed by atoms with Gasteiger partial charge in [0.15, 0.2) is 0 Å². The van der Waals surface area contributed by atoms with Crippen molar-refractivity contribution in [1.29, 1.82) is 0 Å². The molecule has 0 amide bonds. The first-order valence-corrected chi connectivity index (χ1v) is 6.95. The normalized spacial score (nSPS) is 10.8. The fourth-order valence-electron chi connectivity index (χ4n) is 2.24. The Labute approximate surface area is 131 Å². The molecule has 0 fully saturated rings. The minimum absolute atomic E-state index is 0.333. The number of H-pyrrole nitrogens is 1. The van der Waals surface area contributed by atoms with Gasteiger partial charge in [0.1, 0.15) is 5.82 Å². The van der Waals surface area contributed by atoms with E-state index < -0.39 is 0 Å². The number of aromatic amines is 1. The van der Waals surface area contributed by atoms with Gasteiger partial charge < -0.3 is 10.2 Å². The van der Waals surface area contributed by atoms with Crippen molar-refractivity contribution < 1.29 is 4.42 Å². The van der Waals surface area contributed by atoms with Crippen molar-refractivity contribution in [3.05, 3.63) is 55.0 Å². The second-order valence-corrected chi connectivity index (χ2v) is 4.92. The quantitative estimate of drug-likeness (QED) is 0.602. The van der Waals surface area contributed by atoms with Gasteiger partial charge in [-0.05, 0) is 18.2 Å². The summed E-state index contributed by atoms with van der Waals surface area (Å²) in [6.45, 7) is 0. The van der Waals surface area contributed by atoms with Gasteiger partial charge in [-0.2, -0.15) is 5.10 Å². The molecule has 0 aliphatic carbocycles. The van der Waals surface area contributed by atoms with Gasteiger partial charge >= 0.3 is 0 Å². The third kappa shape index (κ3) is 2.44. The number of hydrogen-bond acceptors (Lipinski definition) is 6. The van der Waals surface area contributed by atoms with E-state index in [1.54, 1.807) is 18.6 Å². The molecule has 7 heteroatoms. The van der Waals surface area contributed by atoms with Gasteiger partial charge in [-0.1, -0.05) is 18.2 Å². The Balaban J connectivity index is 1.76. The Kier molecular flexibility index (Phi) is 3.09. The van der Waals surface area contributed by atoms with E-state index in [0.29, 0.717) is 23.2 Å². The second kappa shape index (κ2) is 5.38. The highest BCUT2D eigenvalue weighted by Crippen LogP contribution is 2.30. The summed E-state index contributed by atoms with van der Waals surface area (Å²) in [6.07, 6.45) is 5.17. The summed E-state index contributed by atoms with van der Waals surface area (Å²) in [5.74, 6) is 1.11. The van der Waals surface area contributed by atoms with E-state index >= 15 is 0 Å². The fraction of sp³-hybridized carbons (Fsp3) is 0. The monoisotopic (exact) mass is 304 g/mol. The summed E-state index contributed by atoms with van der Waals surface area (Å²) >= 11 is 0. The van der Waals surface area contributed by atoms with Crippen LogP contribution >= 0.6 is 0 Å². The first-order chi connectivity index (χ1) is 11.3. The molecule has 0 saturated carbocycles.